The number of amides is 1. The van der Waals surface area contributed by atoms with Crippen LogP contribution in [0.1, 0.15) is 37.7 Å². The number of carbonyl (C=O) groups excluding carboxylic acids is 1. The summed E-state index contributed by atoms with van der Waals surface area (Å²) in [5, 5.41) is 2.89. The number of carbonyl (C=O) groups is 1. The average molecular weight is 274 g/mol. The molecule has 0 saturated heterocycles. The van der Waals surface area contributed by atoms with E-state index in [0.717, 1.165) is 12.8 Å². The van der Waals surface area contributed by atoms with Crippen LogP contribution in [0.3, 0.4) is 0 Å². The zero-order valence-electron chi connectivity index (χ0n) is 12.0. The maximum absolute atomic E-state index is 11.8. The van der Waals surface area contributed by atoms with Crippen LogP contribution in [-0.4, -0.2) is 17.0 Å². The van der Waals surface area contributed by atoms with Crippen molar-refractivity contribution in [1.82, 2.24) is 9.88 Å². The molecule has 0 aliphatic heterocycles. The van der Waals surface area contributed by atoms with Crippen molar-refractivity contribution < 1.29 is 4.79 Å². The van der Waals surface area contributed by atoms with Gasteiger partial charge in [0.1, 0.15) is 6.54 Å². The largest absolute Gasteiger partial charge is 0.354 e. The highest BCUT2D eigenvalue weighted by Crippen LogP contribution is 2.19. The molecular formula is C16H22N2O2. The SMILES string of the molecule is Cc1cccn(CC(=O)NCCC2=CCCCC2)c1=O. The lowest BCUT2D eigenvalue weighted by molar-refractivity contribution is -0.121. The first kappa shape index (κ1) is 14.6. The summed E-state index contributed by atoms with van der Waals surface area (Å²) in [6.07, 6.45) is 9.74. The van der Waals surface area contributed by atoms with Crippen molar-refractivity contribution in [2.24, 2.45) is 0 Å². The Labute approximate surface area is 119 Å². The first-order chi connectivity index (χ1) is 9.66. The van der Waals surface area contributed by atoms with Gasteiger partial charge in [0.2, 0.25) is 5.91 Å². The van der Waals surface area contributed by atoms with Gasteiger partial charge < -0.3 is 9.88 Å². The second kappa shape index (κ2) is 7.08. The quantitative estimate of drug-likeness (QED) is 0.837. The molecule has 2 rings (SSSR count). The van der Waals surface area contributed by atoms with E-state index in [1.165, 1.54) is 29.4 Å². The Morgan fingerprint density at radius 3 is 3.00 bits per heavy atom. The van der Waals surface area contributed by atoms with E-state index in [4.69, 9.17) is 0 Å². The number of hydrogen-bond acceptors (Lipinski definition) is 2. The molecule has 1 aliphatic carbocycles. The van der Waals surface area contributed by atoms with Crippen LogP contribution in [0.15, 0.2) is 34.8 Å². The van der Waals surface area contributed by atoms with Crippen LogP contribution in [0, 0.1) is 6.92 Å². The van der Waals surface area contributed by atoms with Crippen molar-refractivity contribution in [2.45, 2.75) is 45.6 Å². The summed E-state index contributed by atoms with van der Waals surface area (Å²) in [6.45, 7) is 2.51. The van der Waals surface area contributed by atoms with Crippen LogP contribution in [0.4, 0.5) is 0 Å². The molecule has 20 heavy (non-hydrogen) atoms. The van der Waals surface area contributed by atoms with Gasteiger partial charge in [-0.15, -0.1) is 0 Å². The highest BCUT2D eigenvalue weighted by molar-refractivity contribution is 5.75. The van der Waals surface area contributed by atoms with Crippen molar-refractivity contribution in [3.05, 3.63) is 45.9 Å². The summed E-state index contributed by atoms with van der Waals surface area (Å²) in [5.41, 5.74) is 2.01. The van der Waals surface area contributed by atoms with E-state index in [9.17, 15) is 9.59 Å². The minimum Gasteiger partial charge on any atom is -0.354 e. The third-order valence-corrected chi connectivity index (χ3v) is 3.68. The molecule has 1 N–H and O–H groups in total. The number of nitrogens with zero attached hydrogens (tertiary/aromatic N) is 1. The molecule has 0 radical (unpaired) electrons. The Bertz CT molecular complexity index is 558. The maximum Gasteiger partial charge on any atom is 0.253 e. The van der Waals surface area contributed by atoms with E-state index in [1.54, 1.807) is 25.3 Å². The Morgan fingerprint density at radius 1 is 1.40 bits per heavy atom. The molecule has 1 aromatic rings. The smallest absolute Gasteiger partial charge is 0.253 e. The minimum absolute atomic E-state index is 0.0968. The second-order valence-electron chi connectivity index (χ2n) is 5.33. The second-order valence-corrected chi connectivity index (χ2v) is 5.33. The van der Waals surface area contributed by atoms with Crippen molar-refractivity contribution in [3.63, 3.8) is 0 Å². The van der Waals surface area contributed by atoms with Crippen LogP contribution >= 0.6 is 0 Å². The van der Waals surface area contributed by atoms with Gasteiger partial charge in [0.25, 0.3) is 5.56 Å². The number of rotatable bonds is 5. The zero-order valence-corrected chi connectivity index (χ0v) is 12.0. The van der Waals surface area contributed by atoms with Gasteiger partial charge in [-0.1, -0.05) is 17.7 Å². The number of aryl methyl sites for hydroxylation is 1. The third kappa shape index (κ3) is 4.08. The first-order valence-electron chi connectivity index (χ1n) is 7.27. The molecule has 1 aromatic heterocycles. The number of pyridine rings is 1. The molecular weight excluding hydrogens is 252 g/mol. The molecule has 0 unspecified atom stereocenters. The Morgan fingerprint density at radius 2 is 2.25 bits per heavy atom. The first-order valence-corrected chi connectivity index (χ1v) is 7.27. The molecule has 0 bridgehead atoms. The van der Waals surface area contributed by atoms with E-state index in [1.807, 2.05) is 0 Å². The zero-order chi connectivity index (χ0) is 14.4. The molecule has 1 heterocycles. The normalized spacial score (nSPS) is 14.8. The van der Waals surface area contributed by atoms with Crippen molar-refractivity contribution in [2.75, 3.05) is 6.54 Å². The van der Waals surface area contributed by atoms with Crippen LogP contribution in [-0.2, 0) is 11.3 Å². The number of aromatic nitrogens is 1. The van der Waals surface area contributed by atoms with Gasteiger partial charge in [-0.05, 0) is 45.1 Å². The summed E-state index contributed by atoms with van der Waals surface area (Å²) in [4.78, 5) is 23.6. The van der Waals surface area contributed by atoms with E-state index in [0.29, 0.717) is 12.1 Å². The molecule has 108 valence electrons. The molecule has 0 spiro atoms. The average Bonchev–Trinajstić information content (AvgIpc) is 2.45. The van der Waals surface area contributed by atoms with Crippen molar-refractivity contribution in [3.8, 4) is 0 Å². The number of hydrogen-bond donors (Lipinski definition) is 1. The predicted octanol–water partition coefficient (Wildman–Crippen LogP) is 2.16. The fourth-order valence-corrected chi connectivity index (χ4v) is 2.49. The molecule has 0 saturated carbocycles. The summed E-state index contributed by atoms with van der Waals surface area (Å²) >= 11 is 0. The summed E-state index contributed by atoms with van der Waals surface area (Å²) in [6, 6.07) is 3.54. The fraction of sp³-hybridized carbons (Fsp3) is 0.500. The standard InChI is InChI=1S/C16H22N2O2/c1-13-6-5-11-18(16(13)20)12-15(19)17-10-9-14-7-3-2-4-8-14/h5-7,11H,2-4,8-10,12H2,1H3,(H,17,19). The number of allylic oxidation sites excluding steroid dienone is 1. The van der Waals surface area contributed by atoms with Crippen molar-refractivity contribution >= 4 is 5.91 Å². The predicted molar refractivity (Wildman–Crippen MR) is 79.6 cm³/mol. The summed E-state index contributed by atoms with van der Waals surface area (Å²) in [7, 11) is 0. The van der Waals surface area contributed by atoms with Gasteiger partial charge in [-0.2, -0.15) is 0 Å². The van der Waals surface area contributed by atoms with Gasteiger partial charge in [0, 0.05) is 18.3 Å². The fourth-order valence-electron chi connectivity index (χ4n) is 2.49. The van der Waals surface area contributed by atoms with Gasteiger partial charge in [0.05, 0.1) is 0 Å². The molecule has 4 nitrogen and oxygen atoms in total. The molecule has 0 aromatic carbocycles. The topological polar surface area (TPSA) is 51.1 Å². The van der Waals surface area contributed by atoms with Crippen molar-refractivity contribution in [1.29, 1.82) is 0 Å². The lowest BCUT2D eigenvalue weighted by Crippen LogP contribution is -2.33. The highest BCUT2D eigenvalue weighted by Gasteiger charge is 2.07. The molecule has 1 amide bonds. The van der Waals surface area contributed by atoms with Crippen LogP contribution in [0.5, 0.6) is 0 Å². The monoisotopic (exact) mass is 274 g/mol. The lowest BCUT2D eigenvalue weighted by Gasteiger charge is -2.13. The molecule has 0 atom stereocenters. The summed E-state index contributed by atoms with van der Waals surface area (Å²) < 4.78 is 1.45. The highest BCUT2D eigenvalue weighted by atomic mass is 16.2. The lowest BCUT2D eigenvalue weighted by atomic mass is 9.97. The van der Waals surface area contributed by atoms with E-state index in [-0.39, 0.29) is 18.0 Å². The Balaban J connectivity index is 1.79. The van der Waals surface area contributed by atoms with E-state index >= 15 is 0 Å². The minimum atomic E-state index is -0.103. The Kier molecular flexibility index (Phi) is 5.16. The van der Waals surface area contributed by atoms with Gasteiger partial charge in [-0.3, -0.25) is 9.59 Å². The van der Waals surface area contributed by atoms with E-state index in [2.05, 4.69) is 11.4 Å². The summed E-state index contributed by atoms with van der Waals surface area (Å²) in [5.74, 6) is -0.103. The Hall–Kier alpha value is -1.84. The van der Waals surface area contributed by atoms with Crippen LogP contribution in [0.2, 0.25) is 0 Å². The number of nitrogens with one attached hydrogen (secondary N) is 1. The van der Waals surface area contributed by atoms with Crippen LogP contribution in [0.25, 0.3) is 0 Å². The van der Waals surface area contributed by atoms with E-state index < -0.39 is 0 Å². The van der Waals surface area contributed by atoms with Gasteiger partial charge in [0.15, 0.2) is 0 Å². The molecule has 1 aliphatic rings. The molecule has 0 fully saturated rings. The molecule has 4 heteroatoms. The third-order valence-electron chi connectivity index (χ3n) is 3.68. The maximum atomic E-state index is 11.8. The van der Waals surface area contributed by atoms with Gasteiger partial charge in [-0.25, -0.2) is 0 Å². The van der Waals surface area contributed by atoms with Gasteiger partial charge >= 0.3 is 0 Å². The van der Waals surface area contributed by atoms with Crippen LogP contribution < -0.4 is 10.9 Å².